The van der Waals surface area contributed by atoms with Gasteiger partial charge in [0.25, 0.3) is 0 Å². The molecule has 2 rings (SSSR count). The number of nitrogens with one attached hydrogen (secondary N) is 1. The third-order valence-corrected chi connectivity index (χ3v) is 4.46. The molecule has 0 atom stereocenters. The van der Waals surface area contributed by atoms with Crippen LogP contribution in [0, 0.1) is 0 Å². The number of ether oxygens (including phenoxy) is 1. The average molecular weight is 400 g/mol. The first-order chi connectivity index (χ1) is 12.5. The Labute approximate surface area is 160 Å². The van der Waals surface area contributed by atoms with Crippen LogP contribution in [0.4, 0.5) is 13.2 Å². The summed E-state index contributed by atoms with van der Waals surface area (Å²) in [6, 6.07) is 5.53. The highest BCUT2D eigenvalue weighted by Crippen LogP contribution is 2.24. The molecule has 0 spiro atoms. The summed E-state index contributed by atoms with van der Waals surface area (Å²) in [5.74, 6) is 0.0117. The fourth-order valence-electron chi connectivity index (χ4n) is 2.10. The van der Waals surface area contributed by atoms with E-state index in [0.29, 0.717) is 6.54 Å². The normalized spacial score (nSPS) is 12.9. The summed E-state index contributed by atoms with van der Waals surface area (Å²) in [6.45, 7) is 7.23. The number of aromatic nitrogens is 1. The van der Waals surface area contributed by atoms with Gasteiger partial charge in [-0.2, -0.15) is 0 Å². The molecule has 1 heterocycles. The van der Waals surface area contributed by atoms with Crippen molar-refractivity contribution in [1.29, 1.82) is 0 Å². The molecule has 0 saturated heterocycles. The molecule has 0 unspecified atom stereocenters. The van der Waals surface area contributed by atoms with Crippen molar-refractivity contribution >= 4 is 17.3 Å². The smallest absolute Gasteiger partial charge is 0.406 e. The monoisotopic (exact) mass is 400 g/mol. The SMILES string of the molecule is CC(C)(C)c1csc(CCNC(N)=NCc2ccc(OC(F)(F)F)cc2)n1. The van der Waals surface area contributed by atoms with Crippen LogP contribution in [0.2, 0.25) is 0 Å². The number of alkyl halides is 3. The van der Waals surface area contributed by atoms with Crippen LogP contribution in [0.15, 0.2) is 34.6 Å². The first-order valence-electron chi connectivity index (χ1n) is 8.36. The topological polar surface area (TPSA) is 72.5 Å². The van der Waals surface area contributed by atoms with Crippen LogP contribution < -0.4 is 15.8 Å². The Balaban J connectivity index is 1.78. The van der Waals surface area contributed by atoms with Gasteiger partial charge >= 0.3 is 6.36 Å². The van der Waals surface area contributed by atoms with E-state index in [2.05, 4.69) is 46.2 Å². The molecule has 0 radical (unpaired) electrons. The zero-order valence-corrected chi connectivity index (χ0v) is 16.2. The predicted molar refractivity (Wildman–Crippen MR) is 101 cm³/mol. The number of hydrogen-bond acceptors (Lipinski definition) is 4. The van der Waals surface area contributed by atoms with Crippen molar-refractivity contribution in [1.82, 2.24) is 10.3 Å². The van der Waals surface area contributed by atoms with Gasteiger partial charge in [-0.15, -0.1) is 24.5 Å². The zero-order chi connectivity index (χ0) is 20.1. The van der Waals surface area contributed by atoms with E-state index in [9.17, 15) is 13.2 Å². The molecule has 0 aliphatic rings. The standard InChI is InChI=1S/C18H23F3N4OS/c1-17(2,3)14-11-27-15(25-14)8-9-23-16(22)24-10-12-4-6-13(7-5-12)26-18(19,20)21/h4-7,11H,8-10H2,1-3H3,(H3,22,23,24). The molecule has 5 nitrogen and oxygen atoms in total. The van der Waals surface area contributed by atoms with Crippen LogP contribution in [-0.4, -0.2) is 23.9 Å². The average Bonchev–Trinajstić information content (AvgIpc) is 3.02. The molecule has 1 aromatic carbocycles. The summed E-state index contributed by atoms with van der Waals surface area (Å²) in [7, 11) is 0. The largest absolute Gasteiger partial charge is 0.573 e. The van der Waals surface area contributed by atoms with Gasteiger partial charge in [0.2, 0.25) is 0 Å². The van der Waals surface area contributed by atoms with E-state index in [1.165, 1.54) is 24.3 Å². The van der Waals surface area contributed by atoms with E-state index < -0.39 is 6.36 Å². The first kappa shape index (κ1) is 21.0. The van der Waals surface area contributed by atoms with Gasteiger partial charge in [0, 0.05) is 23.8 Å². The number of guanidine groups is 1. The lowest BCUT2D eigenvalue weighted by molar-refractivity contribution is -0.274. The van der Waals surface area contributed by atoms with Crippen molar-refractivity contribution in [2.45, 2.75) is 45.5 Å². The van der Waals surface area contributed by atoms with Crippen LogP contribution in [0.25, 0.3) is 0 Å². The van der Waals surface area contributed by atoms with Crippen molar-refractivity contribution in [3.05, 3.63) is 45.9 Å². The molecular weight excluding hydrogens is 377 g/mol. The second kappa shape index (κ2) is 8.60. The molecule has 9 heteroatoms. The lowest BCUT2D eigenvalue weighted by Crippen LogP contribution is -2.33. The molecular formula is C18H23F3N4OS. The highest BCUT2D eigenvalue weighted by atomic mass is 32.1. The van der Waals surface area contributed by atoms with E-state index in [1.54, 1.807) is 11.3 Å². The Morgan fingerprint density at radius 2 is 1.89 bits per heavy atom. The van der Waals surface area contributed by atoms with Crippen molar-refractivity contribution in [2.24, 2.45) is 10.7 Å². The number of hydrogen-bond donors (Lipinski definition) is 2. The molecule has 27 heavy (non-hydrogen) atoms. The van der Waals surface area contributed by atoms with Crippen LogP contribution in [0.3, 0.4) is 0 Å². The number of thiazole rings is 1. The minimum absolute atomic E-state index is 0.0311. The minimum atomic E-state index is -4.70. The Hall–Kier alpha value is -2.29. The highest BCUT2D eigenvalue weighted by Gasteiger charge is 2.30. The summed E-state index contributed by atoms with van der Waals surface area (Å²) < 4.78 is 40.2. The van der Waals surface area contributed by atoms with Gasteiger partial charge in [-0.05, 0) is 17.7 Å². The maximum Gasteiger partial charge on any atom is 0.573 e. The summed E-state index contributed by atoms with van der Waals surface area (Å²) in [6.07, 6.45) is -3.96. The Bertz CT molecular complexity index is 764. The lowest BCUT2D eigenvalue weighted by atomic mass is 9.93. The number of aliphatic imine (C=N–C) groups is 1. The molecule has 148 valence electrons. The number of nitrogens with zero attached hydrogens (tertiary/aromatic N) is 2. The summed E-state index contributed by atoms with van der Waals surface area (Å²) in [5.41, 5.74) is 7.65. The Morgan fingerprint density at radius 1 is 1.22 bits per heavy atom. The quantitative estimate of drug-likeness (QED) is 0.568. The van der Waals surface area contributed by atoms with Crippen LogP contribution in [-0.2, 0) is 18.4 Å². The van der Waals surface area contributed by atoms with E-state index in [1.807, 2.05) is 0 Å². The van der Waals surface area contributed by atoms with Crippen molar-refractivity contribution in [2.75, 3.05) is 6.54 Å². The van der Waals surface area contributed by atoms with E-state index in [0.717, 1.165) is 22.7 Å². The van der Waals surface area contributed by atoms with E-state index in [-0.39, 0.29) is 23.7 Å². The molecule has 0 fully saturated rings. The van der Waals surface area contributed by atoms with Gasteiger partial charge in [-0.1, -0.05) is 32.9 Å². The van der Waals surface area contributed by atoms with Crippen molar-refractivity contribution in [3.63, 3.8) is 0 Å². The fraction of sp³-hybridized carbons (Fsp3) is 0.444. The maximum absolute atomic E-state index is 12.1. The summed E-state index contributed by atoms with van der Waals surface area (Å²) in [4.78, 5) is 8.79. The van der Waals surface area contributed by atoms with Gasteiger partial charge in [0.1, 0.15) is 5.75 Å². The van der Waals surface area contributed by atoms with Crippen LogP contribution in [0.5, 0.6) is 5.75 Å². The third kappa shape index (κ3) is 7.46. The fourth-order valence-corrected chi connectivity index (χ4v) is 3.12. The van der Waals surface area contributed by atoms with Gasteiger partial charge in [-0.25, -0.2) is 9.98 Å². The van der Waals surface area contributed by atoms with Crippen molar-refractivity contribution < 1.29 is 17.9 Å². The Morgan fingerprint density at radius 3 is 2.44 bits per heavy atom. The molecule has 0 saturated carbocycles. The molecule has 0 amide bonds. The lowest BCUT2D eigenvalue weighted by Gasteiger charge is -2.14. The zero-order valence-electron chi connectivity index (χ0n) is 15.4. The van der Waals surface area contributed by atoms with Gasteiger partial charge in [0.05, 0.1) is 17.2 Å². The third-order valence-electron chi connectivity index (χ3n) is 3.55. The van der Waals surface area contributed by atoms with Crippen LogP contribution in [0.1, 0.15) is 37.0 Å². The number of nitrogens with two attached hydrogens (primary N) is 1. The molecule has 0 aliphatic carbocycles. The van der Waals surface area contributed by atoms with Gasteiger partial charge < -0.3 is 15.8 Å². The number of halogens is 3. The van der Waals surface area contributed by atoms with Crippen LogP contribution >= 0.6 is 11.3 Å². The second-order valence-corrected chi connectivity index (χ2v) is 7.89. The van der Waals surface area contributed by atoms with Gasteiger partial charge in [0.15, 0.2) is 5.96 Å². The summed E-state index contributed by atoms with van der Waals surface area (Å²) >= 11 is 1.62. The molecule has 0 aliphatic heterocycles. The number of benzene rings is 1. The highest BCUT2D eigenvalue weighted by molar-refractivity contribution is 7.09. The van der Waals surface area contributed by atoms with E-state index >= 15 is 0 Å². The van der Waals surface area contributed by atoms with Gasteiger partial charge in [-0.3, -0.25) is 0 Å². The molecule has 2 aromatic rings. The van der Waals surface area contributed by atoms with Crippen molar-refractivity contribution in [3.8, 4) is 5.75 Å². The minimum Gasteiger partial charge on any atom is -0.406 e. The Kier molecular flexibility index (Phi) is 6.69. The first-order valence-corrected chi connectivity index (χ1v) is 9.24. The molecule has 3 N–H and O–H groups in total. The predicted octanol–water partition coefficient (Wildman–Crippen LogP) is 3.99. The maximum atomic E-state index is 12.1. The summed E-state index contributed by atoms with van der Waals surface area (Å²) in [5, 5.41) is 6.11. The number of rotatable bonds is 6. The molecule has 0 bridgehead atoms. The second-order valence-electron chi connectivity index (χ2n) is 6.95. The van der Waals surface area contributed by atoms with E-state index in [4.69, 9.17) is 5.73 Å². The molecule has 1 aromatic heterocycles.